The highest BCUT2D eigenvalue weighted by atomic mass is 35.5. The number of ether oxygens (including phenoxy) is 1. The van der Waals surface area contributed by atoms with Crippen LogP contribution in [0, 0.1) is 12.3 Å². The first-order chi connectivity index (χ1) is 8.08. The smallest absolute Gasteiger partial charge is 0.153 e. The highest BCUT2D eigenvalue weighted by molar-refractivity contribution is 6.35. The molecule has 0 aliphatic rings. The number of halogens is 2. The second kappa shape index (κ2) is 6.76. The molecule has 92 valence electrons. The number of hydrogen-bond acceptors (Lipinski definition) is 2. The number of rotatable bonds is 5. The molecule has 0 amide bonds. The van der Waals surface area contributed by atoms with Crippen molar-refractivity contribution in [3.8, 4) is 18.1 Å². The lowest BCUT2D eigenvalue weighted by Crippen LogP contribution is -2.36. The fraction of sp³-hybridized carbons (Fsp3) is 0.385. The summed E-state index contributed by atoms with van der Waals surface area (Å²) in [5, 5.41) is 1.09. The summed E-state index contributed by atoms with van der Waals surface area (Å²) < 4.78 is 5.80. The van der Waals surface area contributed by atoms with Crippen molar-refractivity contribution in [1.82, 2.24) is 4.90 Å². The molecule has 0 aromatic heterocycles. The minimum absolute atomic E-state index is 0.0928. The molecule has 1 unspecified atom stereocenters. The molecule has 1 atom stereocenters. The van der Waals surface area contributed by atoms with Gasteiger partial charge in [0.1, 0.15) is 5.75 Å². The minimum Gasteiger partial charge on any atom is -0.474 e. The van der Waals surface area contributed by atoms with Crippen molar-refractivity contribution in [2.24, 2.45) is 0 Å². The Hall–Kier alpha value is -0.880. The van der Waals surface area contributed by atoms with E-state index in [0.29, 0.717) is 22.3 Å². The Kier molecular flexibility index (Phi) is 5.64. The second-order valence-corrected chi connectivity index (χ2v) is 4.52. The molecule has 0 radical (unpaired) electrons. The van der Waals surface area contributed by atoms with Gasteiger partial charge < -0.3 is 4.74 Å². The average molecular weight is 272 g/mol. The van der Waals surface area contributed by atoms with E-state index >= 15 is 0 Å². The Morgan fingerprint density at radius 1 is 1.47 bits per heavy atom. The van der Waals surface area contributed by atoms with Crippen LogP contribution in [0.25, 0.3) is 0 Å². The Bertz CT molecular complexity index is 414. The van der Waals surface area contributed by atoms with E-state index in [4.69, 9.17) is 34.4 Å². The molecule has 0 saturated carbocycles. The number of terminal acetylenes is 1. The zero-order chi connectivity index (χ0) is 12.8. The number of benzene rings is 1. The van der Waals surface area contributed by atoms with Crippen LogP contribution in [0.15, 0.2) is 18.2 Å². The van der Waals surface area contributed by atoms with Crippen LogP contribution in [0.1, 0.15) is 13.3 Å². The van der Waals surface area contributed by atoms with Crippen molar-refractivity contribution in [2.45, 2.75) is 19.6 Å². The third kappa shape index (κ3) is 4.12. The Morgan fingerprint density at radius 2 is 2.18 bits per heavy atom. The van der Waals surface area contributed by atoms with Gasteiger partial charge in [0, 0.05) is 5.02 Å². The molecular weight excluding hydrogens is 257 g/mol. The summed E-state index contributed by atoms with van der Waals surface area (Å²) in [4.78, 5) is 1.95. The van der Waals surface area contributed by atoms with Crippen LogP contribution < -0.4 is 4.74 Å². The van der Waals surface area contributed by atoms with E-state index in [0.717, 1.165) is 6.42 Å². The van der Waals surface area contributed by atoms with Crippen LogP contribution >= 0.6 is 23.2 Å². The summed E-state index contributed by atoms with van der Waals surface area (Å²) in [6.07, 6.45) is 6.00. The van der Waals surface area contributed by atoms with Gasteiger partial charge in [-0.2, -0.15) is 0 Å². The fourth-order valence-corrected chi connectivity index (χ4v) is 1.90. The van der Waals surface area contributed by atoms with Gasteiger partial charge in [0.05, 0.1) is 11.6 Å². The van der Waals surface area contributed by atoms with Crippen LogP contribution in [-0.2, 0) is 0 Å². The lowest BCUT2D eigenvalue weighted by atomic mass is 10.3. The largest absolute Gasteiger partial charge is 0.474 e. The summed E-state index contributed by atoms with van der Waals surface area (Å²) in [5.41, 5.74) is 0. The summed E-state index contributed by atoms with van der Waals surface area (Å²) in [6, 6.07) is 5.17. The zero-order valence-corrected chi connectivity index (χ0v) is 11.4. The van der Waals surface area contributed by atoms with Gasteiger partial charge in [0.15, 0.2) is 6.23 Å². The van der Waals surface area contributed by atoms with Crippen LogP contribution in [0.2, 0.25) is 10.0 Å². The molecule has 0 bridgehead atoms. The summed E-state index contributed by atoms with van der Waals surface area (Å²) in [6.45, 7) is 2.56. The Morgan fingerprint density at radius 3 is 2.71 bits per heavy atom. The van der Waals surface area contributed by atoms with E-state index in [1.54, 1.807) is 18.2 Å². The molecule has 1 rings (SSSR count). The van der Waals surface area contributed by atoms with E-state index in [-0.39, 0.29) is 6.23 Å². The molecule has 0 N–H and O–H groups in total. The highest BCUT2D eigenvalue weighted by Crippen LogP contribution is 2.28. The van der Waals surface area contributed by atoms with Crippen LogP contribution in [0.5, 0.6) is 5.75 Å². The Balaban J connectivity index is 2.77. The molecule has 1 aromatic rings. The number of nitrogens with zero attached hydrogens (tertiary/aromatic N) is 1. The number of hydrogen-bond donors (Lipinski definition) is 0. The van der Waals surface area contributed by atoms with Crippen LogP contribution in [-0.4, -0.2) is 24.7 Å². The van der Waals surface area contributed by atoms with Gasteiger partial charge in [-0.3, -0.25) is 4.90 Å². The highest BCUT2D eigenvalue weighted by Gasteiger charge is 2.15. The SMILES string of the molecule is C#CCN(C)C(CC)Oc1ccc(Cl)cc1Cl. The monoisotopic (exact) mass is 271 g/mol. The molecule has 0 fully saturated rings. The summed E-state index contributed by atoms with van der Waals surface area (Å²) in [7, 11) is 1.91. The van der Waals surface area contributed by atoms with Gasteiger partial charge in [-0.25, -0.2) is 0 Å². The van der Waals surface area contributed by atoms with Crippen LogP contribution in [0.4, 0.5) is 0 Å². The van der Waals surface area contributed by atoms with Gasteiger partial charge in [0.2, 0.25) is 0 Å². The molecule has 0 heterocycles. The molecule has 17 heavy (non-hydrogen) atoms. The van der Waals surface area contributed by atoms with E-state index < -0.39 is 0 Å². The van der Waals surface area contributed by atoms with E-state index in [2.05, 4.69) is 5.92 Å². The van der Waals surface area contributed by atoms with Gasteiger partial charge in [-0.1, -0.05) is 36.0 Å². The van der Waals surface area contributed by atoms with Crippen molar-refractivity contribution in [3.63, 3.8) is 0 Å². The normalized spacial score (nSPS) is 12.2. The minimum atomic E-state index is -0.0928. The lowest BCUT2D eigenvalue weighted by Gasteiger charge is -2.26. The van der Waals surface area contributed by atoms with Gasteiger partial charge in [-0.05, 0) is 31.7 Å². The van der Waals surface area contributed by atoms with Gasteiger partial charge in [0.25, 0.3) is 0 Å². The predicted octanol–water partition coefficient (Wildman–Crippen LogP) is 3.67. The quantitative estimate of drug-likeness (QED) is 0.599. The molecule has 1 aromatic carbocycles. The van der Waals surface area contributed by atoms with Gasteiger partial charge >= 0.3 is 0 Å². The summed E-state index contributed by atoms with van der Waals surface area (Å²) in [5.74, 6) is 3.20. The first-order valence-corrected chi connectivity index (χ1v) is 6.09. The van der Waals surface area contributed by atoms with Crippen molar-refractivity contribution < 1.29 is 4.74 Å². The Labute approximate surface area is 112 Å². The molecule has 0 aliphatic heterocycles. The third-order valence-corrected chi connectivity index (χ3v) is 2.87. The van der Waals surface area contributed by atoms with Crippen molar-refractivity contribution >= 4 is 23.2 Å². The first kappa shape index (κ1) is 14.2. The summed E-state index contributed by atoms with van der Waals surface area (Å²) >= 11 is 11.9. The molecular formula is C13H15Cl2NO. The third-order valence-electron chi connectivity index (χ3n) is 2.34. The topological polar surface area (TPSA) is 12.5 Å². The molecule has 0 saturated heterocycles. The molecule has 4 heteroatoms. The maximum absolute atomic E-state index is 6.04. The van der Waals surface area contributed by atoms with Gasteiger partial charge in [-0.15, -0.1) is 6.42 Å². The fourth-order valence-electron chi connectivity index (χ4n) is 1.45. The van der Waals surface area contributed by atoms with E-state index in [1.807, 2.05) is 18.9 Å². The lowest BCUT2D eigenvalue weighted by molar-refractivity contribution is 0.0519. The predicted molar refractivity (Wildman–Crippen MR) is 72.6 cm³/mol. The molecule has 2 nitrogen and oxygen atoms in total. The van der Waals surface area contributed by atoms with Crippen molar-refractivity contribution in [1.29, 1.82) is 0 Å². The maximum Gasteiger partial charge on any atom is 0.153 e. The maximum atomic E-state index is 6.04. The standard InChI is InChI=1S/C13H15Cl2NO/c1-4-8-16(3)13(5-2)17-12-7-6-10(14)9-11(12)15/h1,6-7,9,13H,5,8H2,2-3H3. The zero-order valence-electron chi connectivity index (χ0n) is 9.91. The second-order valence-electron chi connectivity index (χ2n) is 3.67. The molecule has 0 aliphatic carbocycles. The van der Waals surface area contributed by atoms with E-state index in [1.165, 1.54) is 0 Å². The van der Waals surface area contributed by atoms with Crippen molar-refractivity contribution in [2.75, 3.05) is 13.6 Å². The van der Waals surface area contributed by atoms with Crippen molar-refractivity contribution in [3.05, 3.63) is 28.2 Å². The molecule has 0 spiro atoms. The average Bonchev–Trinajstić information content (AvgIpc) is 2.28. The first-order valence-electron chi connectivity index (χ1n) is 5.34. The van der Waals surface area contributed by atoms with Crippen LogP contribution in [0.3, 0.4) is 0 Å². The van der Waals surface area contributed by atoms with E-state index in [9.17, 15) is 0 Å².